The van der Waals surface area contributed by atoms with Gasteiger partial charge in [0.05, 0.1) is 28.6 Å². The van der Waals surface area contributed by atoms with Crippen molar-refractivity contribution in [3.05, 3.63) is 90.1 Å². The zero-order chi connectivity index (χ0) is 27.8. The number of aliphatic carboxylic acids is 1. The van der Waals surface area contributed by atoms with Crippen LogP contribution in [-0.2, 0) is 27.7 Å². The molecule has 204 valence electrons. The first-order chi connectivity index (χ1) is 18.5. The summed E-state index contributed by atoms with van der Waals surface area (Å²) in [6.45, 7) is 0.198. The molecule has 1 aliphatic rings. The lowest BCUT2D eigenvalue weighted by atomic mass is 9.95. The van der Waals surface area contributed by atoms with E-state index in [1.807, 2.05) is 42.5 Å². The van der Waals surface area contributed by atoms with Crippen LogP contribution in [0.15, 0.2) is 83.8 Å². The van der Waals surface area contributed by atoms with E-state index in [9.17, 15) is 31.5 Å². The molecule has 0 bridgehead atoms. The Labute approximate surface area is 222 Å². The van der Waals surface area contributed by atoms with E-state index in [0.717, 1.165) is 29.8 Å². The molecule has 1 saturated heterocycles. The number of fused-ring (bicyclic) bond motifs is 1. The number of nitrogens with zero attached hydrogens (tertiary/aromatic N) is 3. The molecule has 12 heteroatoms. The van der Waals surface area contributed by atoms with Crippen LogP contribution in [-0.4, -0.2) is 53.0 Å². The molecule has 1 fully saturated rings. The maximum absolute atomic E-state index is 13.6. The Kier molecular flexibility index (Phi) is 7.08. The van der Waals surface area contributed by atoms with E-state index in [0.29, 0.717) is 23.0 Å². The molecule has 4 aromatic rings. The SMILES string of the molecule is O=C(O)Cc1nn([C@H]2CN(S(=O)(=O)c3ccc(OC(F)(F)F)cc3)C[C@H]2Cc2ccccc2)c2ccccc12. The lowest BCUT2D eigenvalue weighted by molar-refractivity contribution is -0.274. The van der Waals surface area contributed by atoms with E-state index >= 15 is 0 Å². The molecule has 2 heterocycles. The molecule has 0 saturated carbocycles. The average molecular weight is 560 g/mol. The number of halogens is 3. The number of hydrogen-bond donors (Lipinski definition) is 1. The molecule has 0 aliphatic carbocycles. The number of carboxylic acid groups (broad SMARTS) is 1. The van der Waals surface area contributed by atoms with Crippen molar-refractivity contribution >= 4 is 26.9 Å². The Balaban J connectivity index is 1.50. The fraction of sp³-hybridized carbons (Fsp3) is 0.259. The van der Waals surface area contributed by atoms with Crippen LogP contribution in [0.3, 0.4) is 0 Å². The van der Waals surface area contributed by atoms with Crippen molar-refractivity contribution < 1.29 is 36.2 Å². The molecular formula is C27H24F3N3O5S. The Morgan fingerprint density at radius 1 is 0.974 bits per heavy atom. The van der Waals surface area contributed by atoms with Gasteiger partial charge in [0.15, 0.2) is 0 Å². The molecule has 3 aromatic carbocycles. The molecule has 0 spiro atoms. The summed E-state index contributed by atoms with van der Waals surface area (Å²) >= 11 is 0. The molecule has 1 aromatic heterocycles. The maximum Gasteiger partial charge on any atom is 0.573 e. The predicted molar refractivity (Wildman–Crippen MR) is 136 cm³/mol. The van der Waals surface area contributed by atoms with Gasteiger partial charge >= 0.3 is 12.3 Å². The van der Waals surface area contributed by atoms with Gasteiger partial charge in [-0.3, -0.25) is 9.48 Å². The summed E-state index contributed by atoms with van der Waals surface area (Å²) in [5.74, 6) is -1.76. The quantitative estimate of drug-likeness (QED) is 0.337. The van der Waals surface area contributed by atoms with Gasteiger partial charge in [-0.25, -0.2) is 8.42 Å². The summed E-state index contributed by atoms with van der Waals surface area (Å²) in [6, 6.07) is 20.5. The van der Waals surface area contributed by atoms with Gasteiger partial charge < -0.3 is 9.84 Å². The first kappa shape index (κ1) is 26.7. The van der Waals surface area contributed by atoms with Gasteiger partial charge in [0.1, 0.15) is 5.75 Å². The first-order valence-electron chi connectivity index (χ1n) is 12.1. The summed E-state index contributed by atoms with van der Waals surface area (Å²) in [4.78, 5) is 11.3. The van der Waals surface area contributed by atoms with Crippen molar-refractivity contribution in [1.82, 2.24) is 14.1 Å². The normalized spacial score (nSPS) is 18.4. The van der Waals surface area contributed by atoms with Gasteiger partial charge in [0, 0.05) is 24.4 Å². The number of sulfonamides is 1. The molecule has 0 unspecified atom stereocenters. The number of rotatable bonds is 8. The average Bonchev–Trinajstić information content (AvgIpc) is 3.46. The summed E-state index contributed by atoms with van der Waals surface area (Å²) in [5.41, 5.74) is 2.09. The number of alkyl halides is 3. The number of para-hydroxylation sites is 1. The minimum Gasteiger partial charge on any atom is -0.481 e. The molecular weight excluding hydrogens is 535 g/mol. The fourth-order valence-electron chi connectivity index (χ4n) is 5.05. The van der Waals surface area contributed by atoms with Crippen LogP contribution in [0.5, 0.6) is 5.75 Å². The Hall–Kier alpha value is -3.90. The van der Waals surface area contributed by atoms with Gasteiger partial charge in [-0.2, -0.15) is 9.40 Å². The second-order valence-corrected chi connectivity index (χ2v) is 11.3. The van der Waals surface area contributed by atoms with Crippen molar-refractivity contribution in [1.29, 1.82) is 0 Å². The first-order valence-corrected chi connectivity index (χ1v) is 13.5. The lowest BCUT2D eigenvalue weighted by Gasteiger charge is -2.20. The zero-order valence-electron chi connectivity index (χ0n) is 20.5. The van der Waals surface area contributed by atoms with Gasteiger partial charge in [-0.15, -0.1) is 13.2 Å². The second-order valence-electron chi connectivity index (χ2n) is 9.34. The van der Waals surface area contributed by atoms with Crippen molar-refractivity contribution in [2.75, 3.05) is 13.1 Å². The highest BCUT2D eigenvalue weighted by Crippen LogP contribution is 2.37. The van der Waals surface area contributed by atoms with E-state index in [1.54, 1.807) is 16.8 Å². The van der Waals surface area contributed by atoms with Crippen molar-refractivity contribution in [3.63, 3.8) is 0 Å². The van der Waals surface area contributed by atoms with Gasteiger partial charge in [0.25, 0.3) is 0 Å². The van der Waals surface area contributed by atoms with Crippen LogP contribution >= 0.6 is 0 Å². The fourth-order valence-corrected chi connectivity index (χ4v) is 6.57. The lowest BCUT2D eigenvalue weighted by Crippen LogP contribution is -2.29. The number of carboxylic acids is 1. The largest absolute Gasteiger partial charge is 0.573 e. The van der Waals surface area contributed by atoms with Gasteiger partial charge in [0.2, 0.25) is 10.0 Å². The predicted octanol–water partition coefficient (Wildman–Crippen LogP) is 4.67. The van der Waals surface area contributed by atoms with Crippen molar-refractivity contribution in [2.45, 2.75) is 30.1 Å². The van der Waals surface area contributed by atoms with Crippen LogP contribution in [0.1, 0.15) is 17.3 Å². The van der Waals surface area contributed by atoms with Crippen LogP contribution in [0.2, 0.25) is 0 Å². The third kappa shape index (κ3) is 5.76. The Bertz CT molecular complexity index is 1590. The molecule has 2 atom stereocenters. The highest BCUT2D eigenvalue weighted by Gasteiger charge is 2.41. The smallest absolute Gasteiger partial charge is 0.481 e. The number of aromatic nitrogens is 2. The maximum atomic E-state index is 13.6. The van der Waals surface area contributed by atoms with E-state index in [-0.39, 0.29) is 30.3 Å². The summed E-state index contributed by atoms with van der Waals surface area (Å²) in [6.07, 6.45) is -4.63. The molecule has 39 heavy (non-hydrogen) atoms. The van der Waals surface area contributed by atoms with E-state index in [2.05, 4.69) is 9.84 Å². The summed E-state index contributed by atoms with van der Waals surface area (Å²) < 4.78 is 71.7. The third-order valence-corrected chi connectivity index (χ3v) is 8.58. The van der Waals surface area contributed by atoms with Crippen molar-refractivity contribution in [3.8, 4) is 5.75 Å². The van der Waals surface area contributed by atoms with Crippen LogP contribution in [0, 0.1) is 5.92 Å². The monoisotopic (exact) mass is 559 g/mol. The molecule has 5 rings (SSSR count). The molecule has 1 aliphatic heterocycles. The number of benzene rings is 3. The highest BCUT2D eigenvalue weighted by atomic mass is 32.2. The number of hydrogen-bond acceptors (Lipinski definition) is 5. The van der Waals surface area contributed by atoms with Gasteiger partial charge in [-0.05, 0) is 42.3 Å². The Morgan fingerprint density at radius 3 is 2.31 bits per heavy atom. The van der Waals surface area contributed by atoms with Crippen LogP contribution < -0.4 is 4.74 Å². The standard InChI is InChI=1S/C27H24F3N3O5S/c28-27(29,30)38-20-10-12-21(13-11-20)39(36,37)32-16-19(14-18-6-2-1-3-7-18)25(17-32)33-24-9-5-4-8-22(24)23(31-33)15-26(34)35/h1-13,19,25H,14-17H2,(H,34,35)/t19-,25+/m1/s1. The van der Waals surface area contributed by atoms with Crippen LogP contribution in [0.25, 0.3) is 10.9 Å². The third-order valence-electron chi connectivity index (χ3n) is 6.73. The molecule has 0 amide bonds. The molecule has 8 nitrogen and oxygen atoms in total. The van der Waals surface area contributed by atoms with E-state index in [1.165, 1.54) is 4.31 Å². The topological polar surface area (TPSA) is 102 Å². The number of carbonyl (C=O) groups is 1. The van der Waals surface area contributed by atoms with E-state index < -0.39 is 34.1 Å². The molecule has 0 radical (unpaired) electrons. The minimum absolute atomic E-state index is 0.0544. The van der Waals surface area contributed by atoms with Gasteiger partial charge in [-0.1, -0.05) is 48.5 Å². The van der Waals surface area contributed by atoms with E-state index in [4.69, 9.17) is 0 Å². The minimum atomic E-state index is -4.89. The zero-order valence-corrected chi connectivity index (χ0v) is 21.3. The second kappa shape index (κ2) is 10.3. The summed E-state index contributed by atoms with van der Waals surface area (Å²) in [7, 11) is -4.07. The summed E-state index contributed by atoms with van der Waals surface area (Å²) in [5, 5.41) is 14.7. The molecule has 1 N–H and O–H groups in total. The number of ether oxygens (including phenoxy) is 1. The highest BCUT2D eigenvalue weighted by molar-refractivity contribution is 7.89. The van der Waals surface area contributed by atoms with Crippen molar-refractivity contribution in [2.24, 2.45) is 5.92 Å². The Morgan fingerprint density at radius 2 is 1.64 bits per heavy atom. The van der Waals surface area contributed by atoms with Crippen LogP contribution in [0.4, 0.5) is 13.2 Å².